The van der Waals surface area contributed by atoms with E-state index in [0.29, 0.717) is 18.1 Å². The number of amides is 1. The third-order valence-corrected chi connectivity index (χ3v) is 9.48. The normalized spacial score (nSPS) is 58.2. The minimum absolute atomic E-state index is 0.0166. The van der Waals surface area contributed by atoms with Crippen LogP contribution in [-0.4, -0.2) is 35.5 Å². The molecule has 0 aromatic rings. The number of ketones is 2. The molecule has 4 nitrogen and oxygen atoms in total. The SMILES string of the molecule is C=C1C[C@]23CC(=O)[C@@H]4[C@]56CCC[C@@]4(C)C(=O)N(C)[C@@H]5[C@H]2C[C@H]1C(=O)[C@H]36. The molecule has 132 valence electrons. The zero-order valence-corrected chi connectivity index (χ0v) is 15.0. The molecule has 1 saturated heterocycles. The maximum Gasteiger partial charge on any atom is 0.229 e. The van der Waals surface area contributed by atoms with Crippen LogP contribution in [0.2, 0.25) is 0 Å². The molecule has 4 heteroatoms. The molecule has 1 amide bonds. The van der Waals surface area contributed by atoms with Crippen molar-refractivity contribution in [3.63, 3.8) is 0 Å². The number of hydrogen-bond donors (Lipinski definition) is 0. The molecular weight excluding hydrogens is 314 g/mol. The Morgan fingerprint density at radius 3 is 2.64 bits per heavy atom. The van der Waals surface area contributed by atoms with E-state index < -0.39 is 5.41 Å². The molecule has 7 aliphatic rings. The lowest BCUT2D eigenvalue weighted by molar-refractivity contribution is -0.196. The van der Waals surface area contributed by atoms with Crippen LogP contribution in [0.5, 0.6) is 0 Å². The molecule has 2 spiro atoms. The van der Waals surface area contributed by atoms with E-state index in [2.05, 4.69) is 6.58 Å². The molecule has 0 radical (unpaired) electrons. The van der Waals surface area contributed by atoms with E-state index >= 15 is 0 Å². The van der Waals surface area contributed by atoms with Crippen LogP contribution in [0.25, 0.3) is 0 Å². The van der Waals surface area contributed by atoms with E-state index in [1.165, 1.54) is 0 Å². The molecule has 6 saturated carbocycles. The van der Waals surface area contributed by atoms with Gasteiger partial charge < -0.3 is 4.90 Å². The second-order valence-electron chi connectivity index (χ2n) is 10.1. The number of carbonyl (C=O) groups is 3. The third kappa shape index (κ3) is 1.16. The molecule has 0 unspecified atom stereocenters. The highest BCUT2D eigenvalue weighted by atomic mass is 16.2. The fourth-order valence-corrected chi connectivity index (χ4v) is 9.28. The number of carbonyl (C=O) groups excluding carboxylic acids is 3. The predicted octanol–water partition coefficient (Wildman–Crippen LogP) is 2.37. The zero-order chi connectivity index (χ0) is 17.5. The number of hydrogen-bond acceptors (Lipinski definition) is 3. The predicted molar refractivity (Wildman–Crippen MR) is 90.3 cm³/mol. The summed E-state index contributed by atoms with van der Waals surface area (Å²) in [7, 11) is 1.94. The minimum atomic E-state index is -0.601. The molecule has 7 fully saturated rings. The number of nitrogens with zero attached hydrogens (tertiary/aromatic N) is 1. The van der Waals surface area contributed by atoms with Gasteiger partial charge in [-0.05, 0) is 37.0 Å². The van der Waals surface area contributed by atoms with E-state index in [4.69, 9.17) is 0 Å². The lowest BCUT2D eigenvalue weighted by Crippen LogP contribution is -2.71. The highest BCUT2D eigenvalue weighted by molar-refractivity contribution is 6.01. The van der Waals surface area contributed by atoms with Gasteiger partial charge in [0.2, 0.25) is 5.91 Å². The number of likely N-dealkylation sites (tertiary alicyclic amines) is 1. The Balaban J connectivity index is 1.70. The summed E-state index contributed by atoms with van der Waals surface area (Å²) in [4.78, 5) is 42.3. The van der Waals surface area contributed by atoms with Crippen LogP contribution in [0, 0.1) is 39.9 Å². The Labute approximate surface area is 148 Å². The first-order valence-electron chi connectivity index (χ1n) is 9.80. The van der Waals surface area contributed by atoms with Gasteiger partial charge in [0.05, 0.1) is 5.41 Å². The Morgan fingerprint density at radius 2 is 1.88 bits per heavy atom. The van der Waals surface area contributed by atoms with Crippen LogP contribution >= 0.6 is 0 Å². The Morgan fingerprint density at radius 1 is 1.12 bits per heavy atom. The van der Waals surface area contributed by atoms with E-state index in [0.717, 1.165) is 37.7 Å². The lowest BCUT2D eigenvalue weighted by Gasteiger charge is -2.64. The van der Waals surface area contributed by atoms with Crippen LogP contribution in [0.1, 0.15) is 45.4 Å². The summed E-state index contributed by atoms with van der Waals surface area (Å²) in [5, 5.41) is 0. The first kappa shape index (κ1) is 14.7. The number of allylic oxidation sites excluding steroid dienone is 1. The van der Waals surface area contributed by atoms with Gasteiger partial charge in [0.15, 0.2) is 0 Å². The summed E-state index contributed by atoms with van der Waals surface area (Å²) in [6.07, 6.45) is 4.84. The first-order valence-corrected chi connectivity index (χ1v) is 9.80. The van der Waals surface area contributed by atoms with Crippen LogP contribution < -0.4 is 0 Å². The van der Waals surface area contributed by atoms with Crippen LogP contribution in [0.4, 0.5) is 0 Å². The monoisotopic (exact) mass is 339 g/mol. The third-order valence-electron chi connectivity index (χ3n) is 9.48. The summed E-state index contributed by atoms with van der Waals surface area (Å²) in [5.41, 5.74) is -0.0807. The van der Waals surface area contributed by atoms with Crippen molar-refractivity contribution in [2.45, 2.75) is 51.5 Å². The molecule has 25 heavy (non-hydrogen) atoms. The van der Waals surface area contributed by atoms with Gasteiger partial charge in [-0.2, -0.15) is 0 Å². The topological polar surface area (TPSA) is 54.5 Å². The molecular formula is C21H25NO3. The molecule has 0 aromatic heterocycles. The quantitative estimate of drug-likeness (QED) is 0.637. The largest absolute Gasteiger partial charge is 0.341 e. The van der Waals surface area contributed by atoms with Crippen LogP contribution in [-0.2, 0) is 14.4 Å². The van der Waals surface area contributed by atoms with Gasteiger partial charge in [-0.3, -0.25) is 14.4 Å². The average molecular weight is 339 g/mol. The van der Waals surface area contributed by atoms with E-state index in [1.54, 1.807) is 0 Å². The van der Waals surface area contributed by atoms with Crippen molar-refractivity contribution in [3.05, 3.63) is 12.2 Å². The van der Waals surface area contributed by atoms with E-state index in [1.807, 2.05) is 18.9 Å². The highest BCUT2D eigenvalue weighted by Crippen LogP contribution is 2.81. The number of Topliss-reactive ketones (excluding diaryl/α,β-unsaturated/α-hetero) is 2. The molecule has 0 N–H and O–H groups in total. The lowest BCUT2D eigenvalue weighted by atomic mass is 9.39. The standard InChI is InChI=1S/C21H25NO3/c1-10-8-20-9-13(23)15-19(2)5-4-6-21(15)16(20)14(24)11(10)7-12(20)17(21)22(3)18(19)25/h11-12,15-17H,1,4-9H2,2-3H3/t11-,12-,15+,16-,17-,19-,20+,21+/m1/s1. The molecule has 1 aliphatic heterocycles. The summed E-state index contributed by atoms with van der Waals surface area (Å²) in [6.45, 7) is 6.22. The minimum Gasteiger partial charge on any atom is -0.341 e. The maximum absolute atomic E-state index is 13.5. The summed E-state index contributed by atoms with van der Waals surface area (Å²) >= 11 is 0. The second kappa shape index (κ2) is 3.79. The van der Waals surface area contributed by atoms with Crippen molar-refractivity contribution < 1.29 is 14.4 Å². The number of rotatable bonds is 0. The fourth-order valence-electron chi connectivity index (χ4n) is 9.28. The summed E-state index contributed by atoms with van der Waals surface area (Å²) < 4.78 is 0. The summed E-state index contributed by atoms with van der Waals surface area (Å²) in [6, 6.07) is 0.0804. The van der Waals surface area contributed by atoms with E-state index in [9.17, 15) is 14.4 Å². The van der Waals surface area contributed by atoms with Crippen LogP contribution in [0.15, 0.2) is 12.2 Å². The molecule has 8 atom stereocenters. The van der Waals surface area contributed by atoms with Crippen molar-refractivity contribution in [1.29, 1.82) is 0 Å². The summed E-state index contributed by atoms with van der Waals surface area (Å²) in [5.74, 6) is 0.807. The van der Waals surface area contributed by atoms with Crippen molar-refractivity contribution >= 4 is 17.5 Å². The fraction of sp³-hybridized carbons (Fsp3) is 0.762. The Hall–Kier alpha value is -1.45. The van der Waals surface area contributed by atoms with Gasteiger partial charge in [0, 0.05) is 42.7 Å². The zero-order valence-electron chi connectivity index (χ0n) is 15.0. The highest BCUT2D eigenvalue weighted by Gasteiger charge is 2.84. The van der Waals surface area contributed by atoms with Gasteiger partial charge in [-0.15, -0.1) is 0 Å². The van der Waals surface area contributed by atoms with Crippen LogP contribution in [0.3, 0.4) is 0 Å². The second-order valence-corrected chi connectivity index (χ2v) is 10.1. The first-order chi connectivity index (χ1) is 11.8. The van der Waals surface area contributed by atoms with Crippen molar-refractivity contribution in [2.75, 3.05) is 7.05 Å². The number of piperidine rings is 1. The average Bonchev–Trinajstić information content (AvgIpc) is 2.63. The number of fused-ring (bicyclic) bond motifs is 1. The molecule has 0 aromatic carbocycles. The Kier molecular flexibility index (Phi) is 2.23. The maximum atomic E-state index is 13.5. The molecule has 6 aliphatic carbocycles. The van der Waals surface area contributed by atoms with Gasteiger partial charge >= 0.3 is 0 Å². The molecule has 6 bridgehead atoms. The van der Waals surface area contributed by atoms with Gasteiger partial charge in [0.1, 0.15) is 11.6 Å². The Bertz CT molecular complexity index is 801. The van der Waals surface area contributed by atoms with Crippen molar-refractivity contribution in [2.24, 2.45) is 39.9 Å². The molecule has 7 rings (SSSR count). The van der Waals surface area contributed by atoms with Gasteiger partial charge in [-0.25, -0.2) is 0 Å². The smallest absolute Gasteiger partial charge is 0.229 e. The van der Waals surface area contributed by atoms with E-state index in [-0.39, 0.29) is 46.3 Å². The van der Waals surface area contributed by atoms with Crippen molar-refractivity contribution in [3.8, 4) is 0 Å². The van der Waals surface area contributed by atoms with Crippen molar-refractivity contribution in [1.82, 2.24) is 4.90 Å². The molecule has 1 heterocycles. The van der Waals surface area contributed by atoms with Gasteiger partial charge in [0.25, 0.3) is 0 Å². The van der Waals surface area contributed by atoms with Gasteiger partial charge in [-0.1, -0.05) is 25.5 Å².